The summed E-state index contributed by atoms with van der Waals surface area (Å²) in [7, 11) is 0. The van der Waals surface area contributed by atoms with E-state index >= 15 is 0 Å². The van der Waals surface area contributed by atoms with Gasteiger partial charge in [-0.1, -0.05) is 6.07 Å². The second kappa shape index (κ2) is 8.31. The average molecular weight is 329 g/mol. The molecule has 0 amide bonds. The zero-order chi connectivity index (χ0) is 16.8. The van der Waals surface area contributed by atoms with Crippen LogP contribution < -0.4 is 4.74 Å². The molecule has 1 aromatic carbocycles. The number of nitrogens with zero attached hydrogens (tertiary/aromatic N) is 2. The van der Waals surface area contributed by atoms with Gasteiger partial charge in [-0.05, 0) is 62.4 Å². The van der Waals surface area contributed by atoms with Crippen molar-refractivity contribution >= 4 is 0 Å². The van der Waals surface area contributed by atoms with Crippen LogP contribution in [-0.2, 0) is 19.6 Å². The third-order valence-corrected chi connectivity index (χ3v) is 4.67. The van der Waals surface area contributed by atoms with Gasteiger partial charge in [-0.3, -0.25) is 10.00 Å². The molecule has 0 unspecified atom stereocenters. The summed E-state index contributed by atoms with van der Waals surface area (Å²) in [5.74, 6) is 1.47. The van der Waals surface area contributed by atoms with Gasteiger partial charge in [0, 0.05) is 30.5 Å². The van der Waals surface area contributed by atoms with Crippen LogP contribution in [-0.4, -0.2) is 39.9 Å². The first-order valence-corrected chi connectivity index (χ1v) is 8.84. The molecule has 1 aliphatic rings. The van der Waals surface area contributed by atoms with Gasteiger partial charge < -0.3 is 9.84 Å². The van der Waals surface area contributed by atoms with Crippen LogP contribution in [0.15, 0.2) is 30.5 Å². The van der Waals surface area contributed by atoms with Crippen LogP contribution in [0.5, 0.6) is 5.75 Å². The lowest BCUT2D eigenvalue weighted by Gasteiger charge is -2.32. The minimum atomic E-state index is 0.0195. The third-order valence-electron chi connectivity index (χ3n) is 4.67. The highest BCUT2D eigenvalue weighted by atomic mass is 16.5. The number of hydrogen-bond acceptors (Lipinski definition) is 4. The van der Waals surface area contributed by atoms with Crippen LogP contribution in [0.3, 0.4) is 0 Å². The Hall–Kier alpha value is -1.85. The zero-order valence-electron chi connectivity index (χ0n) is 14.4. The van der Waals surface area contributed by atoms with Crippen molar-refractivity contribution in [2.45, 2.75) is 39.3 Å². The first kappa shape index (κ1) is 17.0. The smallest absolute Gasteiger partial charge is 0.124 e. The molecule has 0 spiro atoms. The minimum absolute atomic E-state index is 0.0195. The molecule has 2 N–H and O–H groups in total. The SMILES string of the molecule is CCOc1ccc(CN2CCC[C@@H](Cc3ccn[nH]3)C2)cc1CO. The lowest BCUT2D eigenvalue weighted by Crippen LogP contribution is -2.35. The topological polar surface area (TPSA) is 61.4 Å². The number of hydrogen-bond donors (Lipinski definition) is 2. The molecule has 1 atom stereocenters. The second-order valence-corrected chi connectivity index (χ2v) is 6.56. The fourth-order valence-corrected chi connectivity index (χ4v) is 3.58. The molecule has 130 valence electrons. The molecule has 2 heterocycles. The minimum Gasteiger partial charge on any atom is -0.494 e. The van der Waals surface area contributed by atoms with Gasteiger partial charge in [-0.25, -0.2) is 0 Å². The molecule has 0 saturated carbocycles. The van der Waals surface area contributed by atoms with Crippen LogP contribution in [0, 0.1) is 5.92 Å². The van der Waals surface area contributed by atoms with E-state index in [2.05, 4.69) is 33.3 Å². The maximum absolute atomic E-state index is 9.56. The number of likely N-dealkylation sites (tertiary alicyclic amines) is 1. The Morgan fingerprint density at radius 2 is 2.29 bits per heavy atom. The van der Waals surface area contributed by atoms with E-state index < -0.39 is 0 Å². The summed E-state index contributed by atoms with van der Waals surface area (Å²) in [6.07, 6.45) is 5.41. The predicted molar refractivity (Wildman–Crippen MR) is 93.8 cm³/mol. The van der Waals surface area contributed by atoms with Gasteiger partial charge in [0.15, 0.2) is 0 Å². The van der Waals surface area contributed by atoms with Crippen LogP contribution in [0.2, 0.25) is 0 Å². The quantitative estimate of drug-likeness (QED) is 0.820. The van der Waals surface area contributed by atoms with Crippen molar-refractivity contribution in [1.29, 1.82) is 0 Å². The monoisotopic (exact) mass is 329 g/mol. The number of aromatic amines is 1. The Kier molecular flexibility index (Phi) is 5.88. The van der Waals surface area contributed by atoms with Crippen molar-refractivity contribution in [2.75, 3.05) is 19.7 Å². The number of aromatic nitrogens is 2. The molecular weight excluding hydrogens is 302 g/mol. The van der Waals surface area contributed by atoms with E-state index in [9.17, 15) is 5.11 Å². The average Bonchev–Trinajstić information content (AvgIpc) is 3.10. The van der Waals surface area contributed by atoms with Gasteiger partial charge in [0.05, 0.1) is 13.2 Å². The molecule has 1 aliphatic heterocycles. The van der Waals surface area contributed by atoms with Gasteiger partial charge in [0.1, 0.15) is 5.75 Å². The fourth-order valence-electron chi connectivity index (χ4n) is 3.58. The molecular formula is C19H27N3O2. The van der Waals surface area contributed by atoms with E-state index in [1.54, 1.807) is 0 Å². The molecule has 5 nitrogen and oxygen atoms in total. The summed E-state index contributed by atoms with van der Waals surface area (Å²) < 4.78 is 5.57. The van der Waals surface area contributed by atoms with E-state index in [1.165, 1.54) is 24.1 Å². The number of H-pyrrole nitrogens is 1. The van der Waals surface area contributed by atoms with E-state index in [0.29, 0.717) is 12.5 Å². The van der Waals surface area contributed by atoms with Gasteiger partial charge in [-0.2, -0.15) is 5.10 Å². The molecule has 3 rings (SSSR count). The first-order valence-electron chi connectivity index (χ1n) is 8.84. The van der Waals surface area contributed by atoms with Crippen LogP contribution in [0.25, 0.3) is 0 Å². The third kappa shape index (κ3) is 4.36. The number of ether oxygens (including phenoxy) is 1. The van der Waals surface area contributed by atoms with Crippen LogP contribution in [0.4, 0.5) is 0 Å². The second-order valence-electron chi connectivity index (χ2n) is 6.56. The molecule has 2 aromatic rings. The van der Waals surface area contributed by atoms with Gasteiger partial charge in [0.2, 0.25) is 0 Å². The molecule has 1 fully saturated rings. The molecule has 5 heteroatoms. The maximum Gasteiger partial charge on any atom is 0.124 e. The number of piperidine rings is 1. The summed E-state index contributed by atoms with van der Waals surface area (Å²) in [6, 6.07) is 8.24. The Bertz CT molecular complexity index is 628. The summed E-state index contributed by atoms with van der Waals surface area (Å²) in [5, 5.41) is 16.7. The first-order chi connectivity index (χ1) is 11.8. The Morgan fingerprint density at radius 3 is 3.04 bits per heavy atom. The molecule has 1 saturated heterocycles. The summed E-state index contributed by atoms with van der Waals surface area (Å²) in [4.78, 5) is 2.52. The van der Waals surface area contributed by atoms with E-state index in [0.717, 1.165) is 37.4 Å². The predicted octanol–water partition coefficient (Wildman–Crippen LogP) is 2.76. The lowest BCUT2D eigenvalue weighted by atomic mass is 9.93. The van der Waals surface area contributed by atoms with Crippen molar-refractivity contribution in [2.24, 2.45) is 5.92 Å². The summed E-state index contributed by atoms with van der Waals surface area (Å²) in [5.41, 5.74) is 3.34. The molecule has 0 aliphatic carbocycles. The van der Waals surface area contributed by atoms with E-state index in [1.807, 2.05) is 19.2 Å². The van der Waals surface area contributed by atoms with Gasteiger partial charge in [0.25, 0.3) is 0 Å². The lowest BCUT2D eigenvalue weighted by molar-refractivity contribution is 0.166. The number of rotatable bonds is 7. The highest BCUT2D eigenvalue weighted by Crippen LogP contribution is 2.24. The normalized spacial score (nSPS) is 18.7. The zero-order valence-corrected chi connectivity index (χ0v) is 14.4. The van der Waals surface area contributed by atoms with Crippen molar-refractivity contribution in [1.82, 2.24) is 15.1 Å². The van der Waals surface area contributed by atoms with E-state index in [-0.39, 0.29) is 6.61 Å². The molecule has 0 bridgehead atoms. The fraction of sp³-hybridized carbons (Fsp3) is 0.526. The Balaban J connectivity index is 1.60. The number of aliphatic hydroxyl groups is 1. The van der Waals surface area contributed by atoms with Crippen molar-refractivity contribution in [3.05, 3.63) is 47.3 Å². The largest absolute Gasteiger partial charge is 0.494 e. The van der Waals surface area contributed by atoms with Gasteiger partial charge in [-0.15, -0.1) is 0 Å². The highest BCUT2D eigenvalue weighted by Gasteiger charge is 2.21. The van der Waals surface area contributed by atoms with Crippen molar-refractivity contribution in [3.63, 3.8) is 0 Å². The molecule has 1 aromatic heterocycles. The Labute approximate surface area is 143 Å². The van der Waals surface area contributed by atoms with Gasteiger partial charge >= 0.3 is 0 Å². The molecule has 24 heavy (non-hydrogen) atoms. The van der Waals surface area contributed by atoms with E-state index in [4.69, 9.17) is 4.74 Å². The van der Waals surface area contributed by atoms with Crippen LogP contribution >= 0.6 is 0 Å². The number of aliphatic hydroxyl groups excluding tert-OH is 1. The maximum atomic E-state index is 9.56. The van der Waals surface area contributed by atoms with Crippen molar-refractivity contribution in [3.8, 4) is 5.75 Å². The van der Waals surface area contributed by atoms with Crippen molar-refractivity contribution < 1.29 is 9.84 Å². The Morgan fingerprint density at radius 1 is 1.38 bits per heavy atom. The summed E-state index contributed by atoms with van der Waals surface area (Å²) in [6.45, 7) is 5.78. The standard InChI is InChI=1S/C19H27N3O2/c1-2-24-19-6-5-16(10-17(19)14-23)13-22-9-3-4-15(12-22)11-18-7-8-20-21-18/h5-8,10,15,23H,2-4,9,11-14H2,1H3,(H,20,21)/t15-/m0/s1. The van der Waals surface area contributed by atoms with Crippen LogP contribution in [0.1, 0.15) is 36.6 Å². The highest BCUT2D eigenvalue weighted by molar-refractivity contribution is 5.37. The molecule has 0 radical (unpaired) electrons. The number of nitrogens with one attached hydrogen (secondary N) is 1. The number of benzene rings is 1. The summed E-state index contributed by atoms with van der Waals surface area (Å²) >= 11 is 0.